The van der Waals surface area contributed by atoms with Crippen LogP contribution in [0.2, 0.25) is 0 Å². The maximum Gasteiger partial charge on any atom is 0.304 e. The van der Waals surface area contributed by atoms with Crippen molar-refractivity contribution in [3.63, 3.8) is 0 Å². The third-order valence-corrected chi connectivity index (χ3v) is 4.86. The van der Waals surface area contributed by atoms with E-state index < -0.39 is 5.97 Å². The zero-order valence-electron chi connectivity index (χ0n) is 12.9. The molecule has 5 nitrogen and oxygen atoms in total. The number of rotatable bonds is 6. The van der Waals surface area contributed by atoms with Crippen molar-refractivity contribution in [1.29, 1.82) is 0 Å². The first-order valence-corrected chi connectivity index (χ1v) is 8.37. The summed E-state index contributed by atoms with van der Waals surface area (Å²) in [6.45, 7) is 3.72. The lowest BCUT2D eigenvalue weighted by Crippen LogP contribution is -2.49. The van der Waals surface area contributed by atoms with Crippen molar-refractivity contribution in [2.75, 3.05) is 32.7 Å². The zero-order valence-corrected chi connectivity index (χ0v) is 12.9. The van der Waals surface area contributed by atoms with Crippen LogP contribution in [0.5, 0.6) is 0 Å². The first kappa shape index (κ1) is 16.3. The molecule has 0 spiro atoms. The number of carboxylic acids is 1. The molecule has 1 heterocycles. The van der Waals surface area contributed by atoms with Gasteiger partial charge in [-0.15, -0.1) is 0 Å². The van der Waals surface area contributed by atoms with E-state index in [1.54, 1.807) is 0 Å². The number of carbonyl (C=O) groups excluding carboxylic acids is 1. The monoisotopic (exact) mass is 296 g/mol. The molecule has 1 saturated heterocycles. The van der Waals surface area contributed by atoms with Gasteiger partial charge in [0.2, 0.25) is 5.91 Å². The lowest BCUT2D eigenvalue weighted by Gasteiger charge is -2.34. The van der Waals surface area contributed by atoms with E-state index in [1.165, 1.54) is 32.1 Å². The predicted octanol–water partition coefficient (Wildman–Crippen LogP) is 1.97. The number of amides is 1. The van der Waals surface area contributed by atoms with Gasteiger partial charge < -0.3 is 10.0 Å². The zero-order chi connectivity index (χ0) is 15.1. The van der Waals surface area contributed by atoms with E-state index in [0.717, 1.165) is 38.5 Å². The van der Waals surface area contributed by atoms with Crippen LogP contribution in [-0.2, 0) is 9.59 Å². The van der Waals surface area contributed by atoms with Gasteiger partial charge in [0.05, 0.1) is 6.42 Å². The molecule has 0 radical (unpaired) electrons. The van der Waals surface area contributed by atoms with Crippen LogP contribution in [-0.4, -0.2) is 59.5 Å². The maximum atomic E-state index is 12.2. The van der Waals surface area contributed by atoms with Gasteiger partial charge in [0.1, 0.15) is 0 Å². The summed E-state index contributed by atoms with van der Waals surface area (Å²) in [6.07, 6.45) is 8.57. The SMILES string of the molecule is O=C(O)CCN1CCN(C(=O)CCC2CCCCC2)CC1. The molecule has 0 aromatic carbocycles. The molecule has 21 heavy (non-hydrogen) atoms. The Morgan fingerprint density at radius 1 is 0.952 bits per heavy atom. The van der Waals surface area contributed by atoms with Crippen LogP contribution in [0.15, 0.2) is 0 Å². The molecule has 0 bridgehead atoms. The van der Waals surface area contributed by atoms with Crippen molar-refractivity contribution in [2.24, 2.45) is 5.92 Å². The minimum atomic E-state index is -0.749. The van der Waals surface area contributed by atoms with Crippen molar-refractivity contribution in [2.45, 2.75) is 51.4 Å². The number of nitrogens with zero attached hydrogens (tertiary/aromatic N) is 2. The van der Waals surface area contributed by atoms with Crippen LogP contribution in [0, 0.1) is 5.92 Å². The van der Waals surface area contributed by atoms with E-state index in [2.05, 4.69) is 4.90 Å². The summed E-state index contributed by atoms with van der Waals surface area (Å²) < 4.78 is 0. The first-order chi connectivity index (χ1) is 10.1. The Kier molecular flexibility index (Phi) is 6.49. The van der Waals surface area contributed by atoms with E-state index in [0.29, 0.717) is 18.9 Å². The Morgan fingerprint density at radius 2 is 1.62 bits per heavy atom. The second-order valence-corrected chi connectivity index (χ2v) is 6.41. The fraction of sp³-hybridized carbons (Fsp3) is 0.875. The molecule has 1 amide bonds. The highest BCUT2D eigenvalue weighted by Gasteiger charge is 2.22. The third-order valence-electron chi connectivity index (χ3n) is 4.86. The smallest absolute Gasteiger partial charge is 0.304 e. The topological polar surface area (TPSA) is 60.9 Å². The van der Waals surface area contributed by atoms with Gasteiger partial charge in [0.25, 0.3) is 0 Å². The summed E-state index contributed by atoms with van der Waals surface area (Å²) >= 11 is 0. The average Bonchev–Trinajstić information content (AvgIpc) is 2.52. The highest BCUT2D eigenvalue weighted by molar-refractivity contribution is 5.76. The second-order valence-electron chi connectivity index (χ2n) is 6.41. The normalized spacial score (nSPS) is 21.4. The van der Waals surface area contributed by atoms with Crippen molar-refractivity contribution in [1.82, 2.24) is 9.80 Å². The standard InChI is InChI=1S/C16H28N2O3/c19-15(7-6-14-4-2-1-3-5-14)18-12-10-17(11-13-18)9-8-16(20)21/h14H,1-13H2,(H,20,21). The van der Waals surface area contributed by atoms with Gasteiger partial charge in [-0.2, -0.15) is 0 Å². The van der Waals surface area contributed by atoms with Crippen LogP contribution in [0.1, 0.15) is 51.4 Å². The molecule has 1 aliphatic heterocycles. The molecule has 2 fully saturated rings. The van der Waals surface area contributed by atoms with Gasteiger partial charge in [-0.1, -0.05) is 32.1 Å². The molecular weight excluding hydrogens is 268 g/mol. The van der Waals surface area contributed by atoms with Gasteiger partial charge in [0, 0.05) is 39.1 Å². The third kappa shape index (κ3) is 5.65. The fourth-order valence-corrected chi connectivity index (χ4v) is 3.44. The number of hydrogen-bond donors (Lipinski definition) is 1. The Labute approximate surface area is 127 Å². The van der Waals surface area contributed by atoms with Gasteiger partial charge in [-0.3, -0.25) is 14.5 Å². The number of carboxylic acid groups (broad SMARTS) is 1. The summed E-state index contributed by atoms with van der Waals surface area (Å²) in [6, 6.07) is 0. The number of piperazine rings is 1. The van der Waals surface area contributed by atoms with Gasteiger partial charge in [-0.05, 0) is 12.3 Å². The van der Waals surface area contributed by atoms with E-state index in [1.807, 2.05) is 4.90 Å². The van der Waals surface area contributed by atoms with Gasteiger partial charge >= 0.3 is 5.97 Å². The molecule has 0 aromatic rings. The summed E-state index contributed by atoms with van der Waals surface area (Å²) in [5, 5.41) is 8.69. The van der Waals surface area contributed by atoms with Crippen molar-refractivity contribution < 1.29 is 14.7 Å². The Hall–Kier alpha value is -1.10. The maximum absolute atomic E-state index is 12.2. The van der Waals surface area contributed by atoms with Gasteiger partial charge in [-0.25, -0.2) is 0 Å². The molecule has 1 aliphatic carbocycles. The van der Waals surface area contributed by atoms with Crippen molar-refractivity contribution in [3.8, 4) is 0 Å². The molecule has 0 unspecified atom stereocenters. The van der Waals surface area contributed by atoms with Gasteiger partial charge in [0.15, 0.2) is 0 Å². The molecule has 0 atom stereocenters. The number of aliphatic carboxylic acids is 1. The van der Waals surface area contributed by atoms with Crippen LogP contribution < -0.4 is 0 Å². The molecule has 120 valence electrons. The lowest BCUT2D eigenvalue weighted by atomic mass is 9.86. The van der Waals surface area contributed by atoms with Crippen LogP contribution >= 0.6 is 0 Å². The van der Waals surface area contributed by atoms with Crippen LogP contribution in [0.25, 0.3) is 0 Å². The quantitative estimate of drug-likeness (QED) is 0.814. The molecule has 1 N–H and O–H groups in total. The minimum absolute atomic E-state index is 0.190. The Balaban J connectivity index is 1.62. The molecular formula is C16H28N2O3. The summed E-state index contributed by atoms with van der Waals surface area (Å²) in [4.78, 5) is 26.9. The summed E-state index contributed by atoms with van der Waals surface area (Å²) in [5.74, 6) is 0.305. The molecule has 0 aromatic heterocycles. The second kappa shape index (κ2) is 8.37. The first-order valence-electron chi connectivity index (χ1n) is 8.37. The molecule has 5 heteroatoms. The Morgan fingerprint density at radius 3 is 2.24 bits per heavy atom. The van der Waals surface area contributed by atoms with E-state index in [9.17, 15) is 9.59 Å². The van der Waals surface area contributed by atoms with E-state index in [4.69, 9.17) is 5.11 Å². The molecule has 1 saturated carbocycles. The van der Waals surface area contributed by atoms with E-state index in [-0.39, 0.29) is 6.42 Å². The molecule has 2 aliphatic rings. The largest absolute Gasteiger partial charge is 0.481 e. The predicted molar refractivity (Wildman–Crippen MR) is 81.1 cm³/mol. The Bertz CT molecular complexity index is 345. The number of carbonyl (C=O) groups is 2. The van der Waals surface area contributed by atoms with E-state index >= 15 is 0 Å². The molecule has 2 rings (SSSR count). The van der Waals surface area contributed by atoms with Crippen LogP contribution in [0.3, 0.4) is 0 Å². The minimum Gasteiger partial charge on any atom is -0.481 e. The fourth-order valence-electron chi connectivity index (χ4n) is 3.44. The van der Waals surface area contributed by atoms with Crippen molar-refractivity contribution >= 4 is 11.9 Å². The highest BCUT2D eigenvalue weighted by Crippen LogP contribution is 2.27. The lowest BCUT2D eigenvalue weighted by molar-refractivity contribution is -0.138. The summed E-state index contributed by atoms with van der Waals surface area (Å²) in [5.41, 5.74) is 0. The summed E-state index contributed by atoms with van der Waals surface area (Å²) in [7, 11) is 0. The number of hydrogen-bond acceptors (Lipinski definition) is 3. The average molecular weight is 296 g/mol. The van der Waals surface area contributed by atoms with Crippen molar-refractivity contribution in [3.05, 3.63) is 0 Å². The highest BCUT2D eigenvalue weighted by atomic mass is 16.4. The van der Waals surface area contributed by atoms with Crippen LogP contribution in [0.4, 0.5) is 0 Å².